The van der Waals surface area contributed by atoms with Gasteiger partial charge in [0.25, 0.3) is 5.91 Å². The van der Waals surface area contributed by atoms with E-state index in [2.05, 4.69) is 53.6 Å². The second-order valence-corrected chi connectivity index (χ2v) is 10.3. The first kappa shape index (κ1) is 26.0. The molecule has 0 aliphatic heterocycles. The molecule has 3 aromatic carbocycles. The molecule has 4 rings (SSSR count). The molecule has 1 amide bonds. The number of nitrogens with one attached hydrogen (secondary N) is 1. The Hall–Kier alpha value is -4.11. The third-order valence-corrected chi connectivity index (χ3v) is 6.56. The molecular weight excluding hydrogens is 486 g/mol. The molecular formula is C28H29N5O3S. The fourth-order valence-electron chi connectivity index (χ4n) is 3.57. The fraction of sp³-hybridized carbons (Fsp3) is 0.214. The number of hydrogen-bond donors (Lipinski definition) is 2. The van der Waals surface area contributed by atoms with Crippen molar-refractivity contribution in [1.29, 1.82) is 0 Å². The smallest absolute Gasteiger partial charge is 0.250 e. The number of aromatic nitrogens is 3. The summed E-state index contributed by atoms with van der Waals surface area (Å²) in [5.41, 5.74) is 6.03. The molecule has 1 aromatic heterocycles. The number of carbonyl (C=O) groups excluding carboxylic acids is 1. The monoisotopic (exact) mass is 515 g/mol. The number of methoxy groups -OCH3 is 1. The van der Waals surface area contributed by atoms with Gasteiger partial charge in [0.2, 0.25) is 0 Å². The summed E-state index contributed by atoms with van der Waals surface area (Å²) in [6.07, 6.45) is 1.40. The van der Waals surface area contributed by atoms with Gasteiger partial charge in [-0.1, -0.05) is 68.9 Å². The summed E-state index contributed by atoms with van der Waals surface area (Å²) < 4.78 is 7.23. The zero-order valence-electron chi connectivity index (χ0n) is 21.2. The van der Waals surface area contributed by atoms with Gasteiger partial charge in [0.05, 0.1) is 19.1 Å². The van der Waals surface area contributed by atoms with Crippen LogP contribution in [-0.4, -0.2) is 44.9 Å². The van der Waals surface area contributed by atoms with Crippen molar-refractivity contribution in [2.45, 2.75) is 31.3 Å². The van der Waals surface area contributed by atoms with E-state index in [0.717, 1.165) is 17.0 Å². The second kappa shape index (κ2) is 11.3. The Bertz CT molecular complexity index is 1390. The van der Waals surface area contributed by atoms with E-state index in [1.54, 1.807) is 31.4 Å². The van der Waals surface area contributed by atoms with Gasteiger partial charge in [-0.3, -0.25) is 9.36 Å². The minimum absolute atomic E-state index is 0.0400. The summed E-state index contributed by atoms with van der Waals surface area (Å²) in [5, 5.41) is 23.2. The molecule has 1 heterocycles. The Morgan fingerprint density at radius 1 is 1.05 bits per heavy atom. The third-order valence-electron chi connectivity index (χ3n) is 5.64. The first-order chi connectivity index (χ1) is 17.8. The summed E-state index contributed by atoms with van der Waals surface area (Å²) in [5.74, 6) is 1.27. The number of carbonyl (C=O) groups is 1. The lowest BCUT2D eigenvalue weighted by molar-refractivity contribution is -0.118. The van der Waals surface area contributed by atoms with Crippen LogP contribution in [0.4, 0.5) is 0 Å². The number of benzene rings is 3. The molecule has 0 saturated heterocycles. The summed E-state index contributed by atoms with van der Waals surface area (Å²) in [4.78, 5) is 12.4. The normalized spacial score (nSPS) is 11.6. The molecule has 9 heteroatoms. The molecule has 8 nitrogen and oxygen atoms in total. The number of ether oxygens (including phenoxy) is 1. The molecule has 0 spiro atoms. The van der Waals surface area contributed by atoms with Crippen LogP contribution in [0.3, 0.4) is 0 Å². The van der Waals surface area contributed by atoms with Crippen LogP contribution in [0.2, 0.25) is 0 Å². The highest BCUT2D eigenvalue weighted by Crippen LogP contribution is 2.30. The van der Waals surface area contributed by atoms with Crippen LogP contribution in [0, 0.1) is 0 Å². The number of hydrogen-bond acceptors (Lipinski definition) is 7. The van der Waals surface area contributed by atoms with Gasteiger partial charge in [-0.25, -0.2) is 5.43 Å². The van der Waals surface area contributed by atoms with Crippen LogP contribution in [0.25, 0.3) is 17.1 Å². The quantitative estimate of drug-likeness (QED) is 0.190. The van der Waals surface area contributed by atoms with Gasteiger partial charge in [-0.05, 0) is 47.4 Å². The van der Waals surface area contributed by atoms with Crippen LogP contribution in [0.5, 0.6) is 11.5 Å². The number of para-hydroxylation sites is 1. The number of phenols is 1. The Morgan fingerprint density at radius 3 is 2.41 bits per heavy atom. The van der Waals surface area contributed by atoms with Crippen molar-refractivity contribution in [3.8, 4) is 28.6 Å². The van der Waals surface area contributed by atoms with Gasteiger partial charge in [0, 0.05) is 16.8 Å². The number of aromatic hydroxyl groups is 1. The minimum atomic E-state index is -0.308. The molecule has 4 aromatic rings. The molecule has 0 atom stereocenters. The first-order valence-corrected chi connectivity index (χ1v) is 12.7. The van der Waals surface area contributed by atoms with Gasteiger partial charge < -0.3 is 9.84 Å². The predicted octanol–water partition coefficient (Wildman–Crippen LogP) is 5.19. The number of amides is 1. The van der Waals surface area contributed by atoms with Crippen molar-refractivity contribution < 1.29 is 14.6 Å². The van der Waals surface area contributed by atoms with Crippen molar-refractivity contribution in [2.24, 2.45) is 5.10 Å². The number of phenolic OH excluding ortho intramolecular Hbond substituents is 1. The minimum Gasteiger partial charge on any atom is -0.507 e. The van der Waals surface area contributed by atoms with E-state index in [1.807, 2.05) is 41.0 Å². The van der Waals surface area contributed by atoms with Gasteiger partial charge in [-0.2, -0.15) is 5.10 Å². The predicted molar refractivity (Wildman–Crippen MR) is 147 cm³/mol. The average molecular weight is 516 g/mol. The lowest BCUT2D eigenvalue weighted by Gasteiger charge is -2.19. The summed E-state index contributed by atoms with van der Waals surface area (Å²) >= 11 is 1.26. The fourth-order valence-corrected chi connectivity index (χ4v) is 4.31. The van der Waals surface area contributed by atoms with Crippen molar-refractivity contribution in [2.75, 3.05) is 12.9 Å². The zero-order valence-corrected chi connectivity index (χ0v) is 22.0. The van der Waals surface area contributed by atoms with E-state index in [0.29, 0.717) is 16.5 Å². The second-order valence-electron chi connectivity index (χ2n) is 9.31. The highest BCUT2D eigenvalue weighted by Gasteiger charge is 2.19. The topological polar surface area (TPSA) is 102 Å². The Labute approximate surface area is 220 Å². The van der Waals surface area contributed by atoms with Gasteiger partial charge in [-0.15, -0.1) is 10.2 Å². The molecule has 0 radical (unpaired) electrons. The largest absolute Gasteiger partial charge is 0.507 e. The van der Waals surface area contributed by atoms with E-state index in [9.17, 15) is 9.90 Å². The SMILES string of the molecule is COc1ccc(-n2c(SCC(=O)N/N=C\c3ccccc3O)nnc2-c2ccc(C(C)(C)C)cc2)cc1. The molecule has 190 valence electrons. The Morgan fingerprint density at radius 2 is 1.76 bits per heavy atom. The number of nitrogens with zero attached hydrogens (tertiary/aromatic N) is 4. The van der Waals surface area contributed by atoms with E-state index in [-0.39, 0.29) is 22.8 Å². The van der Waals surface area contributed by atoms with Crippen LogP contribution in [0.1, 0.15) is 31.9 Å². The Kier molecular flexibility index (Phi) is 7.93. The van der Waals surface area contributed by atoms with Crippen molar-refractivity contribution in [1.82, 2.24) is 20.2 Å². The standard InChI is InChI=1S/C28H29N5O3S/c1-28(2,3)21-11-9-19(10-12-21)26-31-32-27(33(26)22-13-15-23(36-4)16-14-22)37-18-25(35)30-29-17-20-7-5-6-8-24(20)34/h5-17,34H,18H2,1-4H3,(H,30,35)/b29-17-. The summed E-state index contributed by atoms with van der Waals surface area (Å²) in [6.45, 7) is 6.52. The van der Waals surface area contributed by atoms with Crippen molar-refractivity contribution in [3.63, 3.8) is 0 Å². The maximum atomic E-state index is 12.4. The summed E-state index contributed by atoms with van der Waals surface area (Å²) in [7, 11) is 1.62. The van der Waals surface area contributed by atoms with Crippen LogP contribution < -0.4 is 10.2 Å². The van der Waals surface area contributed by atoms with E-state index in [1.165, 1.54) is 23.5 Å². The first-order valence-electron chi connectivity index (χ1n) is 11.7. The average Bonchev–Trinajstić information content (AvgIpc) is 3.32. The van der Waals surface area contributed by atoms with Gasteiger partial charge in [0.15, 0.2) is 11.0 Å². The molecule has 0 fully saturated rings. The lowest BCUT2D eigenvalue weighted by atomic mass is 9.87. The third kappa shape index (κ3) is 6.37. The lowest BCUT2D eigenvalue weighted by Crippen LogP contribution is -2.20. The molecule has 0 aliphatic rings. The van der Waals surface area contributed by atoms with Crippen molar-refractivity contribution in [3.05, 3.63) is 83.9 Å². The highest BCUT2D eigenvalue weighted by molar-refractivity contribution is 7.99. The molecule has 0 bridgehead atoms. The molecule has 0 aliphatic carbocycles. The van der Waals surface area contributed by atoms with E-state index in [4.69, 9.17) is 4.74 Å². The molecule has 2 N–H and O–H groups in total. The number of rotatable bonds is 8. The summed E-state index contributed by atoms with van der Waals surface area (Å²) in [6, 6.07) is 22.6. The van der Waals surface area contributed by atoms with E-state index >= 15 is 0 Å². The molecule has 37 heavy (non-hydrogen) atoms. The molecule has 0 saturated carbocycles. The maximum absolute atomic E-state index is 12.4. The maximum Gasteiger partial charge on any atom is 0.250 e. The van der Waals surface area contributed by atoms with Crippen molar-refractivity contribution >= 4 is 23.9 Å². The zero-order chi connectivity index (χ0) is 26.4. The van der Waals surface area contributed by atoms with Crippen LogP contribution in [0.15, 0.2) is 83.1 Å². The van der Waals surface area contributed by atoms with Crippen LogP contribution in [-0.2, 0) is 10.2 Å². The van der Waals surface area contributed by atoms with Crippen LogP contribution >= 0.6 is 11.8 Å². The van der Waals surface area contributed by atoms with Gasteiger partial charge in [0.1, 0.15) is 11.5 Å². The van der Waals surface area contributed by atoms with Gasteiger partial charge >= 0.3 is 0 Å². The Balaban J connectivity index is 1.56. The number of hydrazone groups is 1. The van der Waals surface area contributed by atoms with E-state index < -0.39 is 0 Å². The number of thioether (sulfide) groups is 1. The highest BCUT2D eigenvalue weighted by atomic mass is 32.2. The molecule has 0 unspecified atom stereocenters.